The molecule has 0 bridgehead atoms. The largest absolute Gasteiger partial charge is 0.309 e. The Bertz CT molecular complexity index is 896. The molecule has 3 aromatic carbocycles. The lowest BCUT2D eigenvalue weighted by Gasteiger charge is -2.07. The van der Waals surface area contributed by atoms with Crippen LogP contribution in [0, 0.1) is 0 Å². The van der Waals surface area contributed by atoms with Gasteiger partial charge in [0, 0.05) is 16.5 Å². The Hall–Kier alpha value is -1.68. The second-order valence-corrected chi connectivity index (χ2v) is 6.40. The van der Waals surface area contributed by atoms with Crippen LogP contribution in [0.15, 0.2) is 66.7 Å². The van der Waals surface area contributed by atoms with E-state index in [1.807, 2.05) is 0 Å². The van der Waals surface area contributed by atoms with E-state index >= 15 is 0 Å². The molecule has 0 aliphatic heterocycles. The average molecular weight is 307 g/mol. The first-order chi connectivity index (χ1) is 10.3. The summed E-state index contributed by atoms with van der Waals surface area (Å²) in [7, 11) is 5.73. The Morgan fingerprint density at radius 1 is 0.571 bits per heavy atom. The lowest BCUT2D eigenvalue weighted by atomic mass is 10.1. The smallest absolute Gasteiger partial charge is 0.0547 e. The molecular weight excluding hydrogens is 292 g/mol. The Morgan fingerprint density at radius 2 is 1.10 bits per heavy atom. The highest BCUT2D eigenvalue weighted by Gasteiger charge is 2.14. The molecule has 4 rings (SSSR count). The number of nitrogens with zero attached hydrogens (tertiary/aromatic N) is 1. The lowest BCUT2D eigenvalue weighted by Crippen LogP contribution is -1.95. The first-order valence-corrected chi connectivity index (χ1v) is 8.05. The van der Waals surface area contributed by atoms with Crippen LogP contribution < -0.4 is 10.6 Å². The summed E-state index contributed by atoms with van der Waals surface area (Å²) < 4.78 is 2.34. The summed E-state index contributed by atoms with van der Waals surface area (Å²) in [5.41, 5.74) is 3.70. The third kappa shape index (κ3) is 1.93. The van der Waals surface area contributed by atoms with Gasteiger partial charge in [-0.1, -0.05) is 42.5 Å². The maximum Gasteiger partial charge on any atom is 0.0547 e. The molecule has 0 radical (unpaired) electrons. The predicted octanol–water partition coefficient (Wildman–Crippen LogP) is 3.78. The zero-order valence-corrected chi connectivity index (χ0v) is 13.8. The van der Waals surface area contributed by atoms with Crippen molar-refractivity contribution >= 4 is 50.9 Å². The molecule has 102 valence electrons. The molecule has 0 amide bonds. The van der Waals surface area contributed by atoms with Crippen molar-refractivity contribution in [3.63, 3.8) is 0 Å². The molecule has 21 heavy (non-hydrogen) atoms. The van der Waals surface area contributed by atoms with Crippen LogP contribution in [0.1, 0.15) is 0 Å². The van der Waals surface area contributed by atoms with E-state index < -0.39 is 0 Å². The van der Waals surface area contributed by atoms with Gasteiger partial charge in [-0.25, -0.2) is 0 Å². The number of hydrogen-bond donors (Lipinski definition) is 0. The quantitative estimate of drug-likeness (QED) is 0.472. The van der Waals surface area contributed by atoms with Crippen molar-refractivity contribution < 1.29 is 0 Å². The Kier molecular flexibility index (Phi) is 3.07. The molecule has 4 aromatic rings. The van der Waals surface area contributed by atoms with E-state index in [4.69, 9.17) is 0 Å². The van der Waals surface area contributed by atoms with Crippen molar-refractivity contribution in [2.75, 3.05) is 0 Å². The van der Waals surface area contributed by atoms with Crippen LogP contribution in [0.3, 0.4) is 0 Å². The summed E-state index contributed by atoms with van der Waals surface area (Å²) in [6.07, 6.45) is 0. The maximum atomic E-state index is 2.87. The zero-order chi connectivity index (χ0) is 14.4. The average Bonchev–Trinajstić information content (AvgIpc) is 2.85. The summed E-state index contributed by atoms with van der Waals surface area (Å²) in [6.45, 7) is 0. The molecule has 2 unspecified atom stereocenters. The van der Waals surface area contributed by atoms with Gasteiger partial charge in [0.2, 0.25) is 0 Å². The molecule has 0 aliphatic carbocycles. The molecule has 0 saturated heterocycles. The van der Waals surface area contributed by atoms with Crippen LogP contribution in [0.2, 0.25) is 0 Å². The molecule has 1 aromatic heterocycles. The van der Waals surface area contributed by atoms with Gasteiger partial charge in [0.1, 0.15) is 0 Å². The van der Waals surface area contributed by atoms with Crippen molar-refractivity contribution in [1.29, 1.82) is 0 Å². The van der Waals surface area contributed by atoms with E-state index in [2.05, 4.69) is 89.8 Å². The van der Waals surface area contributed by atoms with E-state index in [0.29, 0.717) is 0 Å². The highest BCUT2D eigenvalue weighted by Crippen LogP contribution is 2.31. The van der Waals surface area contributed by atoms with Gasteiger partial charge in [-0.2, -0.15) is 0 Å². The first kappa shape index (κ1) is 13.0. The SMILES string of the molecule is Pc1cccc2c1c1c(P)cccc1n2-c1ccccc1. The standard InChI is InChI=1S/C18H15NP2/c20-15-10-4-8-13-17(15)18-14(9-5-11-16(18)21)19(13)12-6-2-1-3-7-12/h1-11H,20-21H2. The van der Waals surface area contributed by atoms with Crippen LogP contribution in [0.25, 0.3) is 27.5 Å². The van der Waals surface area contributed by atoms with Gasteiger partial charge in [-0.15, -0.1) is 18.5 Å². The molecule has 1 nitrogen and oxygen atoms in total. The molecule has 0 spiro atoms. The molecule has 3 heteroatoms. The summed E-state index contributed by atoms with van der Waals surface area (Å²) in [5.74, 6) is 0. The summed E-state index contributed by atoms with van der Waals surface area (Å²) >= 11 is 0. The molecule has 0 saturated carbocycles. The van der Waals surface area contributed by atoms with E-state index in [1.165, 1.54) is 38.1 Å². The fourth-order valence-electron chi connectivity index (χ4n) is 3.02. The number of rotatable bonds is 1. The second kappa shape index (κ2) is 4.95. The number of benzene rings is 3. The van der Waals surface area contributed by atoms with Crippen LogP contribution in [-0.2, 0) is 0 Å². The van der Waals surface area contributed by atoms with Gasteiger partial charge in [0.25, 0.3) is 0 Å². The predicted molar refractivity (Wildman–Crippen MR) is 99.5 cm³/mol. The van der Waals surface area contributed by atoms with Crippen molar-refractivity contribution in [2.45, 2.75) is 0 Å². The number of hydrogen-bond acceptors (Lipinski definition) is 0. The van der Waals surface area contributed by atoms with Gasteiger partial charge >= 0.3 is 0 Å². The van der Waals surface area contributed by atoms with Crippen molar-refractivity contribution in [3.05, 3.63) is 66.7 Å². The molecular formula is C18H15NP2. The Morgan fingerprint density at radius 3 is 1.62 bits per heavy atom. The van der Waals surface area contributed by atoms with Crippen LogP contribution in [0.5, 0.6) is 0 Å². The van der Waals surface area contributed by atoms with E-state index in [9.17, 15) is 0 Å². The van der Waals surface area contributed by atoms with Crippen LogP contribution in [0.4, 0.5) is 0 Å². The van der Waals surface area contributed by atoms with Crippen LogP contribution >= 0.6 is 18.5 Å². The third-order valence-corrected chi connectivity index (χ3v) is 4.86. The third-order valence-electron chi connectivity index (χ3n) is 3.90. The van der Waals surface area contributed by atoms with E-state index in [1.54, 1.807) is 0 Å². The highest BCUT2D eigenvalue weighted by molar-refractivity contribution is 7.29. The maximum absolute atomic E-state index is 2.87. The minimum atomic E-state index is 1.20. The van der Waals surface area contributed by atoms with E-state index in [0.717, 1.165) is 0 Å². The molecule has 0 aliphatic rings. The topological polar surface area (TPSA) is 4.93 Å². The Balaban J connectivity index is 2.29. The zero-order valence-electron chi connectivity index (χ0n) is 11.5. The van der Waals surface area contributed by atoms with Gasteiger partial charge in [0.05, 0.1) is 11.0 Å². The van der Waals surface area contributed by atoms with Gasteiger partial charge in [-0.05, 0) is 34.9 Å². The van der Waals surface area contributed by atoms with Gasteiger partial charge in [-0.3, -0.25) is 0 Å². The molecule has 1 heterocycles. The molecule has 0 N–H and O–H groups in total. The lowest BCUT2D eigenvalue weighted by molar-refractivity contribution is 1.18. The van der Waals surface area contributed by atoms with Gasteiger partial charge in [0.15, 0.2) is 0 Å². The monoisotopic (exact) mass is 307 g/mol. The molecule has 0 fully saturated rings. The summed E-state index contributed by atoms with van der Waals surface area (Å²) in [6, 6.07) is 23.5. The summed E-state index contributed by atoms with van der Waals surface area (Å²) in [4.78, 5) is 0. The second-order valence-electron chi connectivity index (χ2n) is 5.15. The molecule has 2 atom stereocenters. The highest BCUT2D eigenvalue weighted by atomic mass is 31.0. The number of fused-ring (bicyclic) bond motifs is 3. The van der Waals surface area contributed by atoms with E-state index in [-0.39, 0.29) is 0 Å². The number of para-hydroxylation sites is 1. The fourth-order valence-corrected chi connectivity index (χ4v) is 3.82. The van der Waals surface area contributed by atoms with Gasteiger partial charge < -0.3 is 4.57 Å². The minimum absolute atomic E-state index is 1.20. The first-order valence-electron chi connectivity index (χ1n) is 6.90. The normalized spacial score (nSPS) is 11.3. The fraction of sp³-hybridized carbons (Fsp3) is 0. The Labute approximate surface area is 128 Å². The van der Waals surface area contributed by atoms with Crippen molar-refractivity contribution in [2.24, 2.45) is 0 Å². The van der Waals surface area contributed by atoms with Crippen molar-refractivity contribution in [3.8, 4) is 5.69 Å². The summed E-state index contributed by atoms with van der Waals surface area (Å²) in [5, 5.41) is 5.10. The van der Waals surface area contributed by atoms with Crippen LogP contribution in [-0.4, -0.2) is 4.57 Å². The number of aromatic nitrogens is 1. The minimum Gasteiger partial charge on any atom is -0.309 e. The van der Waals surface area contributed by atoms with Crippen molar-refractivity contribution in [1.82, 2.24) is 4.57 Å².